The molecule has 2 aromatic carbocycles. The third-order valence-corrected chi connectivity index (χ3v) is 4.91. The Hall–Kier alpha value is -1.87. The maximum Gasteiger partial charge on any atom is 0.0392 e. The monoisotopic (exact) mass is 355 g/mol. The van der Waals surface area contributed by atoms with Gasteiger partial charge in [-0.15, -0.1) is 23.7 Å². The summed E-state index contributed by atoms with van der Waals surface area (Å²) in [7, 11) is 0. The summed E-state index contributed by atoms with van der Waals surface area (Å²) in [5.41, 5.74) is 10.1. The molecule has 3 aromatic rings. The van der Waals surface area contributed by atoms with E-state index in [-0.39, 0.29) is 18.4 Å². The van der Waals surface area contributed by atoms with Crippen molar-refractivity contribution in [2.75, 3.05) is 0 Å². The normalized spacial score (nSPS) is 11.4. The van der Waals surface area contributed by atoms with Crippen LogP contribution >= 0.6 is 23.7 Å². The molecule has 1 nitrogen and oxygen atoms in total. The van der Waals surface area contributed by atoms with Crippen LogP contribution in [0.15, 0.2) is 84.3 Å². The van der Waals surface area contributed by atoms with Gasteiger partial charge in [-0.25, -0.2) is 0 Å². The van der Waals surface area contributed by atoms with Gasteiger partial charge in [0, 0.05) is 10.9 Å². The standard InChI is InChI=1S/C21H21NS.ClH/c22-20(21-15-8-16-23-21)14-7-13-19(17-9-3-1-4-10-17)18-11-5-2-6-12-18;/h1-6,8-13,15-16,20H,7,14,22H2;1H. The van der Waals surface area contributed by atoms with Gasteiger partial charge in [0.05, 0.1) is 0 Å². The predicted molar refractivity (Wildman–Crippen MR) is 108 cm³/mol. The molecule has 2 N–H and O–H groups in total. The van der Waals surface area contributed by atoms with Crippen LogP contribution in [0.5, 0.6) is 0 Å². The molecule has 1 atom stereocenters. The van der Waals surface area contributed by atoms with Gasteiger partial charge >= 0.3 is 0 Å². The van der Waals surface area contributed by atoms with Gasteiger partial charge in [0.1, 0.15) is 0 Å². The molecule has 0 bridgehead atoms. The van der Waals surface area contributed by atoms with Crippen LogP contribution in [0.4, 0.5) is 0 Å². The van der Waals surface area contributed by atoms with Crippen LogP contribution in [-0.4, -0.2) is 0 Å². The minimum Gasteiger partial charge on any atom is -0.323 e. The summed E-state index contributed by atoms with van der Waals surface area (Å²) in [6, 6.07) is 25.4. The molecule has 0 aliphatic heterocycles. The lowest BCUT2D eigenvalue weighted by molar-refractivity contribution is 0.673. The Bertz CT molecular complexity index is 695. The van der Waals surface area contributed by atoms with Crippen LogP contribution in [0.25, 0.3) is 5.57 Å². The van der Waals surface area contributed by atoms with Gasteiger partial charge in [0.15, 0.2) is 0 Å². The Morgan fingerprint density at radius 3 is 1.96 bits per heavy atom. The topological polar surface area (TPSA) is 26.0 Å². The second-order valence-electron chi connectivity index (χ2n) is 5.55. The molecule has 0 fully saturated rings. The highest BCUT2D eigenvalue weighted by Crippen LogP contribution is 2.26. The molecule has 0 amide bonds. The quantitative estimate of drug-likeness (QED) is 0.569. The zero-order chi connectivity index (χ0) is 15.9. The van der Waals surface area contributed by atoms with E-state index in [1.165, 1.54) is 21.6 Å². The first-order valence-electron chi connectivity index (χ1n) is 7.94. The molecular weight excluding hydrogens is 334 g/mol. The van der Waals surface area contributed by atoms with E-state index in [1.807, 2.05) is 0 Å². The van der Waals surface area contributed by atoms with E-state index >= 15 is 0 Å². The molecule has 0 saturated heterocycles. The molecule has 0 aliphatic carbocycles. The lowest BCUT2D eigenvalue weighted by Gasteiger charge is -2.11. The molecule has 0 aliphatic rings. The van der Waals surface area contributed by atoms with Crippen molar-refractivity contribution in [3.05, 3.63) is 100 Å². The van der Waals surface area contributed by atoms with E-state index < -0.39 is 0 Å². The van der Waals surface area contributed by atoms with Crippen molar-refractivity contribution in [1.82, 2.24) is 0 Å². The second kappa shape index (κ2) is 9.43. The first kappa shape index (κ1) is 18.5. The SMILES string of the molecule is Cl.NC(CCC=C(c1ccccc1)c1ccccc1)c1cccs1. The minimum atomic E-state index is 0. The number of hydrogen-bond donors (Lipinski definition) is 1. The summed E-state index contributed by atoms with van der Waals surface area (Å²) in [6.07, 6.45) is 4.25. The summed E-state index contributed by atoms with van der Waals surface area (Å²) < 4.78 is 0. The highest BCUT2D eigenvalue weighted by molar-refractivity contribution is 7.10. The van der Waals surface area contributed by atoms with E-state index in [2.05, 4.69) is 84.3 Å². The maximum absolute atomic E-state index is 6.28. The number of halogens is 1. The van der Waals surface area contributed by atoms with Crippen LogP contribution in [0.1, 0.15) is 34.9 Å². The summed E-state index contributed by atoms with van der Waals surface area (Å²) in [4.78, 5) is 1.26. The molecular formula is C21H22ClNS. The van der Waals surface area contributed by atoms with E-state index in [4.69, 9.17) is 5.73 Å². The molecule has 1 unspecified atom stereocenters. The molecule has 0 radical (unpaired) electrons. The van der Waals surface area contributed by atoms with Crippen LogP contribution in [0.3, 0.4) is 0 Å². The zero-order valence-electron chi connectivity index (χ0n) is 13.5. The fourth-order valence-corrected chi connectivity index (χ4v) is 3.45. The van der Waals surface area contributed by atoms with Crippen molar-refractivity contribution in [2.24, 2.45) is 5.73 Å². The van der Waals surface area contributed by atoms with Gasteiger partial charge in [-0.3, -0.25) is 0 Å². The van der Waals surface area contributed by atoms with Gasteiger partial charge in [-0.1, -0.05) is 72.8 Å². The Morgan fingerprint density at radius 2 is 1.46 bits per heavy atom. The Balaban J connectivity index is 0.00000208. The fraction of sp³-hybridized carbons (Fsp3) is 0.143. The average Bonchev–Trinajstić information content (AvgIpc) is 3.15. The third kappa shape index (κ3) is 4.81. The fourth-order valence-electron chi connectivity index (χ4n) is 2.69. The van der Waals surface area contributed by atoms with E-state index in [0.717, 1.165) is 12.8 Å². The van der Waals surface area contributed by atoms with Crippen LogP contribution in [0, 0.1) is 0 Å². The molecule has 0 spiro atoms. The average molecular weight is 356 g/mol. The van der Waals surface area contributed by atoms with Gasteiger partial charge < -0.3 is 5.73 Å². The number of benzene rings is 2. The minimum absolute atomic E-state index is 0. The summed E-state index contributed by atoms with van der Waals surface area (Å²) in [5, 5.41) is 2.09. The first-order chi connectivity index (χ1) is 11.3. The third-order valence-electron chi connectivity index (χ3n) is 3.90. The second-order valence-corrected chi connectivity index (χ2v) is 6.53. The van der Waals surface area contributed by atoms with Gasteiger partial charge in [-0.05, 0) is 41.0 Å². The predicted octanol–water partition coefficient (Wildman–Crippen LogP) is 6.08. The van der Waals surface area contributed by atoms with E-state index in [1.54, 1.807) is 11.3 Å². The first-order valence-corrected chi connectivity index (χ1v) is 8.82. The summed E-state index contributed by atoms with van der Waals surface area (Å²) in [6.45, 7) is 0. The van der Waals surface area contributed by atoms with E-state index in [0.29, 0.717) is 0 Å². The van der Waals surface area contributed by atoms with Crippen molar-refractivity contribution in [3.63, 3.8) is 0 Å². The van der Waals surface area contributed by atoms with E-state index in [9.17, 15) is 0 Å². The molecule has 3 heteroatoms. The van der Waals surface area contributed by atoms with Crippen molar-refractivity contribution < 1.29 is 0 Å². The molecule has 3 rings (SSSR count). The van der Waals surface area contributed by atoms with Crippen LogP contribution in [-0.2, 0) is 0 Å². The molecule has 0 saturated carbocycles. The Labute approximate surface area is 154 Å². The highest BCUT2D eigenvalue weighted by Gasteiger charge is 2.07. The lowest BCUT2D eigenvalue weighted by atomic mass is 9.96. The van der Waals surface area contributed by atoms with Gasteiger partial charge in [0.25, 0.3) is 0 Å². The molecule has 24 heavy (non-hydrogen) atoms. The number of nitrogens with two attached hydrogens (primary N) is 1. The molecule has 124 valence electrons. The largest absolute Gasteiger partial charge is 0.323 e. The summed E-state index contributed by atoms with van der Waals surface area (Å²) >= 11 is 1.74. The summed E-state index contributed by atoms with van der Waals surface area (Å²) in [5.74, 6) is 0. The maximum atomic E-state index is 6.28. The number of rotatable bonds is 6. The van der Waals surface area contributed by atoms with Crippen LogP contribution < -0.4 is 5.73 Å². The zero-order valence-corrected chi connectivity index (χ0v) is 15.1. The van der Waals surface area contributed by atoms with Gasteiger partial charge in [0.2, 0.25) is 0 Å². The van der Waals surface area contributed by atoms with Gasteiger partial charge in [-0.2, -0.15) is 0 Å². The number of hydrogen-bond acceptors (Lipinski definition) is 2. The van der Waals surface area contributed by atoms with Crippen molar-refractivity contribution in [2.45, 2.75) is 18.9 Å². The van der Waals surface area contributed by atoms with Crippen molar-refractivity contribution >= 4 is 29.3 Å². The number of thiophene rings is 1. The van der Waals surface area contributed by atoms with Crippen molar-refractivity contribution in [1.29, 1.82) is 0 Å². The van der Waals surface area contributed by atoms with Crippen molar-refractivity contribution in [3.8, 4) is 0 Å². The Kier molecular flexibility index (Phi) is 7.26. The number of allylic oxidation sites excluding steroid dienone is 1. The van der Waals surface area contributed by atoms with Crippen LogP contribution in [0.2, 0.25) is 0 Å². The molecule has 1 aromatic heterocycles. The Morgan fingerprint density at radius 1 is 0.875 bits per heavy atom. The smallest absolute Gasteiger partial charge is 0.0392 e. The molecule has 1 heterocycles. The lowest BCUT2D eigenvalue weighted by Crippen LogP contribution is -2.07. The highest BCUT2D eigenvalue weighted by atomic mass is 35.5.